The molecule has 0 atom stereocenters. The molecule has 0 spiro atoms. The summed E-state index contributed by atoms with van der Waals surface area (Å²) >= 11 is 2.99. The van der Waals surface area contributed by atoms with E-state index < -0.39 is 17.2 Å². The number of nitrogens with one attached hydrogen (secondary N) is 1. The number of rotatable bonds is 2. The SMILES string of the molecule is CC(C)c1nc(-c2c(F)ccc(Br)c2F)cc(=O)[nH]1. The van der Waals surface area contributed by atoms with Crippen molar-refractivity contribution < 1.29 is 8.78 Å². The third kappa shape index (κ3) is 2.73. The van der Waals surface area contributed by atoms with Crippen LogP contribution in [0.3, 0.4) is 0 Å². The number of hydrogen-bond acceptors (Lipinski definition) is 2. The fourth-order valence-electron chi connectivity index (χ4n) is 1.64. The van der Waals surface area contributed by atoms with Crippen LogP contribution in [0.4, 0.5) is 8.78 Å². The Bertz CT molecular complexity index is 683. The summed E-state index contributed by atoms with van der Waals surface area (Å²) in [5.74, 6) is -1.19. The molecule has 0 radical (unpaired) electrons. The predicted molar refractivity (Wildman–Crippen MR) is 72.0 cm³/mol. The van der Waals surface area contributed by atoms with Gasteiger partial charge >= 0.3 is 0 Å². The highest BCUT2D eigenvalue weighted by Crippen LogP contribution is 2.29. The van der Waals surface area contributed by atoms with Crippen LogP contribution in [0.1, 0.15) is 25.6 Å². The second-order valence-electron chi connectivity index (χ2n) is 4.39. The van der Waals surface area contributed by atoms with Gasteiger partial charge in [0.25, 0.3) is 5.56 Å². The van der Waals surface area contributed by atoms with Crippen LogP contribution < -0.4 is 5.56 Å². The average molecular weight is 329 g/mol. The van der Waals surface area contributed by atoms with Gasteiger partial charge in [0.1, 0.15) is 17.5 Å². The molecule has 100 valence electrons. The number of H-pyrrole nitrogens is 1. The van der Waals surface area contributed by atoms with E-state index in [1.54, 1.807) is 0 Å². The van der Waals surface area contributed by atoms with E-state index in [1.807, 2.05) is 13.8 Å². The van der Waals surface area contributed by atoms with E-state index in [0.717, 1.165) is 12.1 Å². The summed E-state index contributed by atoms with van der Waals surface area (Å²) in [4.78, 5) is 18.2. The summed E-state index contributed by atoms with van der Waals surface area (Å²) < 4.78 is 27.9. The number of aromatic nitrogens is 2. The highest BCUT2D eigenvalue weighted by Gasteiger charge is 2.17. The van der Waals surface area contributed by atoms with Crippen molar-refractivity contribution in [3.8, 4) is 11.3 Å². The summed E-state index contributed by atoms with van der Waals surface area (Å²) in [6.45, 7) is 3.66. The molecule has 0 aliphatic rings. The van der Waals surface area contributed by atoms with E-state index in [9.17, 15) is 13.6 Å². The molecule has 1 heterocycles. The van der Waals surface area contributed by atoms with Crippen molar-refractivity contribution in [3.05, 3.63) is 50.5 Å². The predicted octanol–water partition coefficient (Wildman–Crippen LogP) is 3.60. The van der Waals surface area contributed by atoms with Crippen molar-refractivity contribution in [2.24, 2.45) is 0 Å². The summed E-state index contributed by atoms with van der Waals surface area (Å²) in [5.41, 5.74) is -0.751. The maximum absolute atomic E-state index is 14.0. The minimum absolute atomic E-state index is 0.0104. The molecule has 0 fully saturated rings. The highest BCUT2D eigenvalue weighted by molar-refractivity contribution is 9.10. The Morgan fingerprint density at radius 2 is 2.00 bits per heavy atom. The largest absolute Gasteiger partial charge is 0.310 e. The van der Waals surface area contributed by atoms with Gasteiger partial charge in [-0.15, -0.1) is 0 Å². The van der Waals surface area contributed by atoms with Gasteiger partial charge in [0.05, 0.1) is 15.7 Å². The number of hydrogen-bond donors (Lipinski definition) is 1. The molecular weight excluding hydrogens is 318 g/mol. The molecule has 2 rings (SSSR count). The Morgan fingerprint density at radius 1 is 1.32 bits per heavy atom. The first-order chi connectivity index (χ1) is 8.90. The summed E-state index contributed by atoms with van der Waals surface area (Å²) in [5, 5.41) is 0. The molecule has 1 N–H and O–H groups in total. The van der Waals surface area contributed by atoms with Crippen molar-refractivity contribution >= 4 is 15.9 Å². The Balaban J connectivity index is 2.72. The van der Waals surface area contributed by atoms with Crippen LogP contribution in [0.2, 0.25) is 0 Å². The maximum Gasteiger partial charge on any atom is 0.251 e. The van der Waals surface area contributed by atoms with E-state index in [0.29, 0.717) is 5.82 Å². The van der Waals surface area contributed by atoms with E-state index >= 15 is 0 Å². The van der Waals surface area contributed by atoms with Crippen LogP contribution in [0.5, 0.6) is 0 Å². The van der Waals surface area contributed by atoms with Crippen LogP contribution in [0, 0.1) is 11.6 Å². The number of benzene rings is 1. The number of nitrogens with zero attached hydrogens (tertiary/aromatic N) is 1. The summed E-state index contributed by atoms with van der Waals surface area (Å²) in [7, 11) is 0. The molecule has 0 aliphatic heterocycles. The van der Waals surface area contributed by atoms with Crippen LogP contribution in [-0.4, -0.2) is 9.97 Å². The van der Waals surface area contributed by atoms with Crippen LogP contribution in [0.15, 0.2) is 27.5 Å². The van der Waals surface area contributed by atoms with Gasteiger partial charge in [0.2, 0.25) is 0 Å². The molecule has 0 bridgehead atoms. The van der Waals surface area contributed by atoms with Gasteiger partial charge in [-0.1, -0.05) is 13.8 Å². The molecular formula is C13H11BrF2N2O. The van der Waals surface area contributed by atoms with Gasteiger partial charge in [-0.25, -0.2) is 13.8 Å². The monoisotopic (exact) mass is 328 g/mol. The van der Waals surface area contributed by atoms with Gasteiger partial charge in [-0.2, -0.15) is 0 Å². The zero-order valence-corrected chi connectivity index (χ0v) is 11.9. The lowest BCUT2D eigenvalue weighted by Gasteiger charge is -2.09. The molecule has 19 heavy (non-hydrogen) atoms. The Morgan fingerprint density at radius 3 is 2.63 bits per heavy atom. The van der Waals surface area contributed by atoms with Gasteiger partial charge in [0.15, 0.2) is 0 Å². The van der Waals surface area contributed by atoms with Crippen LogP contribution in [-0.2, 0) is 0 Å². The third-order valence-electron chi connectivity index (χ3n) is 2.61. The normalized spacial score (nSPS) is 11.1. The molecule has 1 aromatic heterocycles. The molecule has 0 unspecified atom stereocenters. The van der Waals surface area contributed by atoms with Gasteiger partial charge in [-0.05, 0) is 28.1 Å². The third-order valence-corrected chi connectivity index (χ3v) is 3.22. The van der Waals surface area contributed by atoms with E-state index in [1.165, 1.54) is 6.07 Å². The summed E-state index contributed by atoms with van der Waals surface area (Å²) in [6, 6.07) is 3.48. The van der Waals surface area contributed by atoms with Crippen molar-refractivity contribution in [3.63, 3.8) is 0 Å². The zero-order chi connectivity index (χ0) is 14.2. The van der Waals surface area contributed by atoms with E-state index in [4.69, 9.17) is 0 Å². The first-order valence-corrected chi connectivity index (χ1v) is 6.44. The lowest BCUT2D eigenvalue weighted by atomic mass is 10.1. The Hall–Kier alpha value is -1.56. The second kappa shape index (κ2) is 5.21. The smallest absolute Gasteiger partial charge is 0.251 e. The molecule has 0 amide bonds. The first-order valence-electron chi connectivity index (χ1n) is 5.65. The molecule has 0 aliphatic carbocycles. The van der Waals surface area contributed by atoms with Crippen LogP contribution in [0.25, 0.3) is 11.3 Å². The lowest BCUT2D eigenvalue weighted by molar-refractivity contribution is 0.583. The average Bonchev–Trinajstić information content (AvgIpc) is 2.34. The van der Waals surface area contributed by atoms with Gasteiger partial charge < -0.3 is 4.98 Å². The minimum atomic E-state index is -0.771. The number of aromatic amines is 1. The van der Waals surface area contributed by atoms with Crippen molar-refractivity contribution in [1.29, 1.82) is 0 Å². The van der Waals surface area contributed by atoms with Crippen LogP contribution >= 0.6 is 15.9 Å². The second-order valence-corrected chi connectivity index (χ2v) is 5.24. The molecule has 3 nitrogen and oxygen atoms in total. The summed E-state index contributed by atoms with van der Waals surface area (Å²) in [6.07, 6.45) is 0. The fourth-order valence-corrected chi connectivity index (χ4v) is 1.97. The zero-order valence-electron chi connectivity index (χ0n) is 10.3. The van der Waals surface area contributed by atoms with E-state index in [2.05, 4.69) is 25.9 Å². The molecule has 0 saturated carbocycles. The Kier molecular flexibility index (Phi) is 3.80. The molecule has 0 saturated heterocycles. The van der Waals surface area contributed by atoms with Crippen molar-refractivity contribution in [1.82, 2.24) is 9.97 Å². The minimum Gasteiger partial charge on any atom is -0.310 e. The topological polar surface area (TPSA) is 45.8 Å². The standard InChI is InChI=1S/C13H11BrF2N2O/c1-6(2)13-17-9(5-10(19)18-13)11-8(15)4-3-7(14)12(11)16/h3-6H,1-2H3,(H,17,18,19). The molecule has 2 aromatic rings. The van der Waals surface area contributed by atoms with Gasteiger partial charge in [0, 0.05) is 12.0 Å². The maximum atomic E-state index is 14.0. The quantitative estimate of drug-likeness (QED) is 0.856. The first kappa shape index (κ1) is 13.9. The Labute approximate surface area is 116 Å². The lowest BCUT2D eigenvalue weighted by Crippen LogP contribution is -2.13. The van der Waals surface area contributed by atoms with E-state index in [-0.39, 0.29) is 21.6 Å². The van der Waals surface area contributed by atoms with Gasteiger partial charge in [-0.3, -0.25) is 4.79 Å². The molecule has 6 heteroatoms. The molecule has 1 aromatic carbocycles. The van der Waals surface area contributed by atoms with Crippen molar-refractivity contribution in [2.45, 2.75) is 19.8 Å². The fraction of sp³-hybridized carbons (Fsp3) is 0.231. The van der Waals surface area contributed by atoms with Crippen molar-refractivity contribution in [2.75, 3.05) is 0 Å². The highest BCUT2D eigenvalue weighted by atomic mass is 79.9. The number of halogens is 3.